The Morgan fingerprint density at radius 1 is 0.692 bits per heavy atom. The third kappa shape index (κ3) is 4.80. The Morgan fingerprint density at radius 2 is 1.28 bits per heavy atom. The van der Waals surface area contributed by atoms with E-state index in [0.717, 1.165) is 35.4 Å². The summed E-state index contributed by atoms with van der Waals surface area (Å²) >= 11 is 0. The molecule has 0 unspecified atom stereocenters. The van der Waals surface area contributed by atoms with Crippen molar-refractivity contribution < 1.29 is 26.4 Å². The Hall–Kier alpha value is -4.41. The quantitative estimate of drug-likeness (QED) is 0.277. The Bertz CT molecular complexity index is 1900. The van der Waals surface area contributed by atoms with Gasteiger partial charge in [-0.15, -0.1) is 0 Å². The van der Waals surface area contributed by atoms with Crippen LogP contribution < -0.4 is 9.34 Å². The summed E-state index contributed by atoms with van der Waals surface area (Å²) in [5, 5.41) is 9.99. The zero-order valence-electron chi connectivity index (χ0n) is 20.9. The molecule has 198 valence electrons. The summed E-state index contributed by atoms with van der Waals surface area (Å²) in [6.07, 6.45) is 0. The second-order valence-corrected chi connectivity index (χ2v) is 12.8. The summed E-state index contributed by atoms with van der Waals surface area (Å²) in [5.74, 6) is -0.175. The van der Waals surface area contributed by atoms with Gasteiger partial charge in [-0.25, -0.2) is 21.6 Å². The van der Waals surface area contributed by atoms with Crippen LogP contribution in [0, 0.1) is 13.8 Å². The molecule has 0 radical (unpaired) electrons. The zero-order chi connectivity index (χ0) is 27.9. The number of nitrogens with zero attached hydrogens (tertiary/aromatic N) is 1. The van der Waals surface area contributed by atoms with E-state index in [9.17, 15) is 26.7 Å². The lowest BCUT2D eigenvalue weighted by atomic mass is 10.0. The average Bonchev–Trinajstić information content (AvgIpc) is 2.89. The van der Waals surface area contributed by atoms with Gasteiger partial charge in [0.2, 0.25) is 0 Å². The number of aromatic hydroxyl groups is 1. The largest absolute Gasteiger partial charge is 0.508 e. The molecule has 0 aliphatic rings. The van der Waals surface area contributed by atoms with E-state index in [-0.39, 0.29) is 32.4 Å². The van der Waals surface area contributed by atoms with Gasteiger partial charge in [0, 0.05) is 5.39 Å². The highest BCUT2D eigenvalue weighted by Crippen LogP contribution is 2.34. The van der Waals surface area contributed by atoms with Gasteiger partial charge in [-0.3, -0.25) is 0 Å². The monoisotopic (exact) mass is 561 g/mol. The molecule has 1 heterocycles. The lowest BCUT2D eigenvalue weighted by Crippen LogP contribution is -2.37. The summed E-state index contributed by atoms with van der Waals surface area (Å²) in [6, 6.07) is 23.1. The van der Waals surface area contributed by atoms with Crippen molar-refractivity contribution in [1.82, 2.24) is 0 Å². The maximum absolute atomic E-state index is 13.9. The van der Waals surface area contributed by atoms with Crippen LogP contribution in [-0.2, 0) is 20.0 Å². The third-order valence-electron chi connectivity index (χ3n) is 6.25. The molecule has 0 aliphatic carbocycles. The highest BCUT2D eigenvalue weighted by Gasteiger charge is 2.37. The Labute approximate surface area is 225 Å². The fraction of sp³-hybridized carbons (Fsp3) is 0.0690. The molecule has 0 atom stereocenters. The van der Waals surface area contributed by atoms with E-state index in [2.05, 4.69) is 0 Å². The topological polar surface area (TPSA) is 122 Å². The van der Waals surface area contributed by atoms with Crippen LogP contribution in [0.1, 0.15) is 11.1 Å². The Morgan fingerprint density at radius 3 is 1.90 bits per heavy atom. The number of sulfonamides is 2. The van der Waals surface area contributed by atoms with Crippen molar-refractivity contribution in [2.75, 3.05) is 3.71 Å². The number of phenols is 1. The first-order valence-electron chi connectivity index (χ1n) is 11.8. The number of benzene rings is 4. The van der Waals surface area contributed by atoms with E-state index in [1.807, 2.05) is 19.1 Å². The van der Waals surface area contributed by atoms with Crippen LogP contribution in [0.3, 0.4) is 0 Å². The number of aryl methyl sites for hydroxylation is 2. The SMILES string of the molecule is Cc1ccc(S(=O)(=O)N(c2ccc3oc(=O)c(-c4ccccc4C)cc3c2)S(=O)(=O)c2ccc(O)cc2)cc1. The first kappa shape index (κ1) is 26.2. The molecule has 0 saturated heterocycles. The smallest absolute Gasteiger partial charge is 0.344 e. The van der Waals surface area contributed by atoms with E-state index in [1.165, 1.54) is 30.3 Å². The molecule has 1 aromatic heterocycles. The first-order chi connectivity index (χ1) is 18.5. The number of hydrogen-bond acceptors (Lipinski definition) is 7. The van der Waals surface area contributed by atoms with Gasteiger partial charge >= 0.3 is 5.63 Å². The lowest BCUT2D eigenvalue weighted by Gasteiger charge is -2.24. The lowest BCUT2D eigenvalue weighted by molar-refractivity contribution is 0.475. The van der Waals surface area contributed by atoms with Gasteiger partial charge in [-0.2, -0.15) is 3.71 Å². The molecule has 4 aromatic carbocycles. The number of rotatable bonds is 6. The molecule has 0 aliphatic heterocycles. The Balaban J connectivity index is 1.76. The summed E-state index contributed by atoms with van der Waals surface area (Å²) in [6.45, 7) is 3.63. The van der Waals surface area contributed by atoms with Crippen molar-refractivity contribution in [3.8, 4) is 16.9 Å². The molecular weight excluding hydrogens is 538 g/mol. The van der Waals surface area contributed by atoms with E-state index in [1.54, 1.807) is 37.3 Å². The zero-order valence-corrected chi connectivity index (χ0v) is 22.5. The van der Waals surface area contributed by atoms with Gasteiger partial charge in [-0.05, 0) is 85.6 Å². The number of hydrogen-bond donors (Lipinski definition) is 1. The normalized spacial score (nSPS) is 11.9. The number of phenolic OH excluding ortho intramolecular Hbond substituents is 1. The maximum Gasteiger partial charge on any atom is 0.344 e. The minimum Gasteiger partial charge on any atom is -0.508 e. The highest BCUT2D eigenvalue weighted by atomic mass is 32.3. The van der Waals surface area contributed by atoms with Crippen LogP contribution in [0.15, 0.2) is 116 Å². The summed E-state index contributed by atoms with van der Waals surface area (Å²) in [5.41, 5.74) is 1.93. The molecule has 0 amide bonds. The van der Waals surface area contributed by atoms with E-state index < -0.39 is 25.7 Å². The predicted molar refractivity (Wildman–Crippen MR) is 149 cm³/mol. The van der Waals surface area contributed by atoms with Gasteiger partial charge in [0.05, 0.1) is 21.0 Å². The molecule has 0 saturated carbocycles. The second kappa shape index (κ2) is 9.72. The molecule has 39 heavy (non-hydrogen) atoms. The minimum atomic E-state index is -4.69. The molecule has 5 aromatic rings. The molecular formula is C29H23NO7S2. The van der Waals surface area contributed by atoms with Gasteiger partial charge in [-0.1, -0.05) is 42.0 Å². The Kier molecular flexibility index (Phi) is 6.53. The number of anilines is 1. The van der Waals surface area contributed by atoms with Crippen molar-refractivity contribution in [3.63, 3.8) is 0 Å². The van der Waals surface area contributed by atoms with Crippen molar-refractivity contribution in [3.05, 3.63) is 119 Å². The van der Waals surface area contributed by atoms with Crippen molar-refractivity contribution >= 4 is 36.7 Å². The maximum atomic E-state index is 13.9. The van der Waals surface area contributed by atoms with Crippen molar-refractivity contribution in [2.24, 2.45) is 0 Å². The van der Waals surface area contributed by atoms with Crippen LogP contribution in [0.25, 0.3) is 22.1 Å². The van der Waals surface area contributed by atoms with E-state index in [0.29, 0.717) is 14.7 Å². The molecule has 10 heteroatoms. The van der Waals surface area contributed by atoms with Crippen LogP contribution in [0.2, 0.25) is 0 Å². The van der Waals surface area contributed by atoms with E-state index in [4.69, 9.17) is 4.42 Å². The van der Waals surface area contributed by atoms with Gasteiger partial charge in [0.15, 0.2) is 0 Å². The summed E-state index contributed by atoms with van der Waals surface area (Å²) in [4.78, 5) is 12.2. The molecule has 0 fully saturated rings. The molecule has 5 rings (SSSR count). The molecule has 0 bridgehead atoms. The van der Waals surface area contributed by atoms with E-state index >= 15 is 0 Å². The van der Waals surface area contributed by atoms with Gasteiger partial charge in [0.25, 0.3) is 20.0 Å². The van der Waals surface area contributed by atoms with Crippen LogP contribution in [0.4, 0.5) is 5.69 Å². The van der Waals surface area contributed by atoms with Crippen LogP contribution in [-0.4, -0.2) is 21.9 Å². The van der Waals surface area contributed by atoms with Crippen molar-refractivity contribution in [1.29, 1.82) is 0 Å². The molecule has 8 nitrogen and oxygen atoms in total. The van der Waals surface area contributed by atoms with Gasteiger partial charge in [0.1, 0.15) is 11.3 Å². The van der Waals surface area contributed by atoms with Crippen LogP contribution >= 0.6 is 0 Å². The summed E-state index contributed by atoms with van der Waals surface area (Å²) in [7, 11) is -9.33. The standard InChI is InChI=1S/C29H23NO7S2/c1-19-7-12-24(13-8-19)38(33,34)30(39(35,36)25-14-10-23(31)11-15-25)22-9-16-28-21(17-22)18-27(29(32)37-28)26-6-4-3-5-20(26)2/h3-18,31H,1-2H3. The fourth-order valence-corrected chi connectivity index (χ4v) is 7.89. The van der Waals surface area contributed by atoms with Gasteiger partial charge < -0.3 is 9.52 Å². The summed E-state index contributed by atoms with van der Waals surface area (Å²) < 4.78 is 61.3. The fourth-order valence-electron chi connectivity index (χ4n) is 4.21. The third-order valence-corrected chi connectivity index (χ3v) is 10.5. The highest BCUT2D eigenvalue weighted by molar-refractivity contribution is 8.10. The molecule has 1 N–H and O–H groups in total. The minimum absolute atomic E-state index is 0.163. The first-order valence-corrected chi connectivity index (χ1v) is 14.7. The predicted octanol–water partition coefficient (Wildman–Crippen LogP) is 5.37. The van der Waals surface area contributed by atoms with Crippen LogP contribution in [0.5, 0.6) is 5.75 Å². The van der Waals surface area contributed by atoms with Crippen molar-refractivity contribution in [2.45, 2.75) is 23.6 Å². The average molecular weight is 562 g/mol. The molecule has 0 spiro atoms. The number of fused-ring (bicyclic) bond motifs is 1. The second-order valence-electron chi connectivity index (χ2n) is 9.00.